The highest BCUT2D eigenvalue weighted by Gasteiger charge is 2.14. The first-order valence-electron chi connectivity index (χ1n) is 6.88. The maximum atomic E-state index is 6.12. The molecular formula is C16H20N2O. The van der Waals surface area contributed by atoms with Crippen LogP contribution >= 0.6 is 0 Å². The first kappa shape index (κ1) is 12.5. The van der Waals surface area contributed by atoms with Gasteiger partial charge in [-0.05, 0) is 40.8 Å². The second kappa shape index (κ2) is 5.59. The fourth-order valence-corrected chi connectivity index (χ4v) is 2.61. The third-order valence-electron chi connectivity index (χ3n) is 3.78. The molecule has 1 saturated heterocycles. The number of fused-ring (bicyclic) bond motifs is 1. The van der Waals surface area contributed by atoms with Crippen molar-refractivity contribution in [3.05, 3.63) is 42.0 Å². The van der Waals surface area contributed by atoms with Gasteiger partial charge >= 0.3 is 0 Å². The Balaban J connectivity index is 1.67. The molecule has 0 spiro atoms. The molecule has 3 heteroatoms. The van der Waals surface area contributed by atoms with Crippen molar-refractivity contribution in [1.82, 2.24) is 5.32 Å². The number of ether oxygens (including phenoxy) is 1. The van der Waals surface area contributed by atoms with Crippen molar-refractivity contribution in [1.29, 1.82) is 0 Å². The van der Waals surface area contributed by atoms with E-state index in [4.69, 9.17) is 10.5 Å². The number of rotatable bonds is 4. The number of hydrogen-bond acceptors (Lipinski definition) is 3. The van der Waals surface area contributed by atoms with Crippen molar-refractivity contribution in [2.45, 2.75) is 13.0 Å². The lowest BCUT2D eigenvalue weighted by Crippen LogP contribution is -2.23. The van der Waals surface area contributed by atoms with Gasteiger partial charge in [0.2, 0.25) is 0 Å². The van der Waals surface area contributed by atoms with Gasteiger partial charge in [0.15, 0.2) is 0 Å². The molecule has 1 aliphatic rings. The minimum Gasteiger partial charge on any atom is -0.398 e. The average molecular weight is 256 g/mol. The molecule has 3 nitrogen and oxygen atoms in total. The van der Waals surface area contributed by atoms with E-state index < -0.39 is 0 Å². The SMILES string of the molecule is Nc1cc2ccccc2cc1CNCC1CCOC1. The number of anilines is 1. The van der Waals surface area contributed by atoms with Crippen LogP contribution in [0.5, 0.6) is 0 Å². The molecular weight excluding hydrogens is 236 g/mol. The van der Waals surface area contributed by atoms with Crippen molar-refractivity contribution >= 4 is 16.5 Å². The summed E-state index contributed by atoms with van der Waals surface area (Å²) < 4.78 is 5.38. The molecule has 2 aromatic rings. The number of nitrogen functional groups attached to an aromatic ring is 1. The molecule has 3 rings (SSSR count). The Bertz CT molecular complexity index is 562. The summed E-state index contributed by atoms with van der Waals surface area (Å²) in [6.45, 7) is 3.63. The second-order valence-corrected chi connectivity index (χ2v) is 5.26. The van der Waals surface area contributed by atoms with Crippen molar-refractivity contribution in [2.24, 2.45) is 5.92 Å². The Morgan fingerprint density at radius 2 is 2.00 bits per heavy atom. The Labute approximate surface area is 113 Å². The van der Waals surface area contributed by atoms with Crippen LogP contribution in [0.2, 0.25) is 0 Å². The van der Waals surface area contributed by atoms with Crippen molar-refractivity contribution in [3.63, 3.8) is 0 Å². The van der Waals surface area contributed by atoms with Crippen LogP contribution in [0.1, 0.15) is 12.0 Å². The molecule has 0 amide bonds. The third kappa shape index (κ3) is 2.88. The molecule has 1 aliphatic heterocycles. The third-order valence-corrected chi connectivity index (χ3v) is 3.78. The van der Waals surface area contributed by atoms with Crippen LogP contribution in [0.4, 0.5) is 5.69 Å². The highest BCUT2D eigenvalue weighted by Crippen LogP contribution is 2.22. The number of benzene rings is 2. The fraction of sp³-hybridized carbons (Fsp3) is 0.375. The average Bonchev–Trinajstić information content (AvgIpc) is 2.92. The molecule has 0 saturated carbocycles. The molecule has 3 N–H and O–H groups in total. The van der Waals surface area contributed by atoms with Crippen LogP contribution in [0.3, 0.4) is 0 Å². The summed E-state index contributed by atoms with van der Waals surface area (Å²) >= 11 is 0. The van der Waals surface area contributed by atoms with E-state index in [1.807, 2.05) is 6.07 Å². The normalized spacial score (nSPS) is 19.1. The van der Waals surface area contributed by atoms with Gasteiger partial charge < -0.3 is 15.8 Å². The number of nitrogens with two attached hydrogens (primary N) is 1. The first-order chi connectivity index (χ1) is 9.33. The number of nitrogens with one attached hydrogen (secondary N) is 1. The van der Waals surface area contributed by atoms with Gasteiger partial charge in [0, 0.05) is 25.4 Å². The summed E-state index contributed by atoms with van der Waals surface area (Å²) in [5.41, 5.74) is 8.16. The maximum Gasteiger partial charge on any atom is 0.0507 e. The Morgan fingerprint density at radius 3 is 2.74 bits per heavy atom. The predicted octanol–water partition coefficient (Wildman–Crippen LogP) is 2.55. The van der Waals surface area contributed by atoms with Crippen LogP contribution in [0, 0.1) is 5.92 Å². The molecule has 1 fully saturated rings. The van der Waals surface area contributed by atoms with Gasteiger partial charge in [0.25, 0.3) is 0 Å². The van der Waals surface area contributed by atoms with E-state index in [2.05, 4.69) is 35.6 Å². The number of hydrogen-bond donors (Lipinski definition) is 2. The molecule has 0 radical (unpaired) electrons. The molecule has 100 valence electrons. The van der Waals surface area contributed by atoms with E-state index in [0.29, 0.717) is 5.92 Å². The lowest BCUT2D eigenvalue weighted by Gasteiger charge is -2.12. The van der Waals surface area contributed by atoms with E-state index in [1.54, 1.807) is 0 Å². The Kier molecular flexibility index (Phi) is 3.67. The lowest BCUT2D eigenvalue weighted by molar-refractivity contribution is 0.185. The van der Waals surface area contributed by atoms with Crippen molar-refractivity contribution in [3.8, 4) is 0 Å². The molecule has 0 bridgehead atoms. The minimum absolute atomic E-state index is 0.654. The molecule has 1 unspecified atom stereocenters. The minimum atomic E-state index is 0.654. The largest absolute Gasteiger partial charge is 0.398 e. The zero-order valence-electron chi connectivity index (χ0n) is 11.1. The summed E-state index contributed by atoms with van der Waals surface area (Å²) in [6, 6.07) is 12.6. The van der Waals surface area contributed by atoms with Crippen LogP contribution < -0.4 is 11.1 Å². The van der Waals surface area contributed by atoms with Crippen LogP contribution in [0.15, 0.2) is 36.4 Å². The van der Waals surface area contributed by atoms with E-state index >= 15 is 0 Å². The Morgan fingerprint density at radius 1 is 1.21 bits per heavy atom. The van der Waals surface area contributed by atoms with Gasteiger partial charge in [0.1, 0.15) is 0 Å². The fourth-order valence-electron chi connectivity index (χ4n) is 2.61. The summed E-state index contributed by atoms with van der Waals surface area (Å²) in [6.07, 6.45) is 1.17. The van der Waals surface area contributed by atoms with Crippen molar-refractivity contribution < 1.29 is 4.74 Å². The molecule has 1 atom stereocenters. The van der Waals surface area contributed by atoms with E-state index in [-0.39, 0.29) is 0 Å². The lowest BCUT2D eigenvalue weighted by atomic mass is 10.0. The van der Waals surface area contributed by atoms with Crippen LogP contribution in [-0.4, -0.2) is 19.8 Å². The maximum absolute atomic E-state index is 6.12. The van der Waals surface area contributed by atoms with Crippen LogP contribution in [0.25, 0.3) is 10.8 Å². The summed E-state index contributed by atoms with van der Waals surface area (Å²) in [4.78, 5) is 0. The molecule has 1 heterocycles. The van der Waals surface area contributed by atoms with Gasteiger partial charge in [-0.25, -0.2) is 0 Å². The first-order valence-corrected chi connectivity index (χ1v) is 6.88. The van der Waals surface area contributed by atoms with Gasteiger partial charge in [0.05, 0.1) is 6.61 Å². The summed E-state index contributed by atoms with van der Waals surface area (Å²) in [7, 11) is 0. The smallest absolute Gasteiger partial charge is 0.0507 e. The van der Waals surface area contributed by atoms with Crippen LogP contribution in [-0.2, 0) is 11.3 Å². The van der Waals surface area contributed by atoms with Gasteiger partial charge in [-0.3, -0.25) is 0 Å². The Hall–Kier alpha value is -1.58. The topological polar surface area (TPSA) is 47.3 Å². The quantitative estimate of drug-likeness (QED) is 0.826. The monoisotopic (exact) mass is 256 g/mol. The standard InChI is InChI=1S/C16H20N2O/c17-16-8-14-4-2-1-3-13(14)7-15(16)10-18-9-12-5-6-19-11-12/h1-4,7-8,12,18H,5-6,9-11,17H2. The summed E-state index contributed by atoms with van der Waals surface area (Å²) in [5.74, 6) is 0.654. The van der Waals surface area contributed by atoms with Gasteiger partial charge in [-0.2, -0.15) is 0 Å². The van der Waals surface area contributed by atoms with E-state index in [0.717, 1.165) is 32.0 Å². The molecule has 0 aliphatic carbocycles. The zero-order valence-corrected chi connectivity index (χ0v) is 11.1. The highest BCUT2D eigenvalue weighted by atomic mass is 16.5. The van der Waals surface area contributed by atoms with E-state index in [9.17, 15) is 0 Å². The van der Waals surface area contributed by atoms with Gasteiger partial charge in [-0.1, -0.05) is 24.3 Å². The molecule has 19 heavy (non-hydrogen) atoms. The summed E-state index contributed by atoms with van der Waals surface area (Å²) in [5, 5.41) is 5.94. The van der Waals surface area contributed by atoms with Crippen molar-refractivity contribution in [2.75, 3.05) is 25.5 Å². The zero-order chi connectivity index (χ0) is 13.1. The molecule has 0 aromatic heterocycles. The van der Waals surface area contributed by atoms with E-state index in [1.165, 1.54) is 22.8 Å². The second-order valence-electron chi connectivity index (χ2n) is 5.26. The predicted molar refractivity (Wildman–Crippen MR) is 79.0 cm³/mol. The van der Waals surface area contributed by atoms with Gasteiger partial charge in [-0.15, -0.1) is 0 Å². The molecule has 2 aromatic carbocycles. The highest BCUT2D eigenvalue weighted by molar-refractivity contribution is 5.86.